The van der Waals surface area contributed by atoms with Crippen molar-refractivity contribution in [2.45, 2.75) is 31.2 Å². The molecule has 1 amide bonds. The lowest BCUT2D eigenvalue weighted by Crippen LogP contribution is -2.54. The van der Waals surface area contributed by atoms with Gasteiger partial charge < -0.3 is 9.80 Å². The summed E-state index contributed by atoms with van der Waals surface area (Å²) >= 11 is 0. The summed E-state index contributed by atoms with van der Waals surface area (Å²) in [6, 6.07) is 6.03. The Labute approximate surface area is 144 Å². The molecular formula is C19H28FN3O. The molecule has 4 nitrogen and oxygen atoms in total. The van der Waals surface area contributed by atoms with Gasteiger partial charge in [0.05, 0.1) is 0 Å². The molecule has 0 bridgehead atoms. The lowest BCUT2D eigenvalue weighted by Gasteiger charge is -2.45. The Morgan fingerprint density at radius 2 is 1.96 bits per heavy atom. The van der Waals surface area contributed by atoms with E-state index in [9.17, 15) is 9.18 Å². The molecule has 1 aromatic rings. The average Bonchev–Trinajstić information content (AvgIpc) is 2.95. The van der Waals surface area contributed by atoms with Crippen LogP contribution in [-0.4, -0.2) is 73.0 Å². The number of piperidine rings is 1. The third-order valence-corrected chi connectivity index (χ3v) is 5.61. The largest absolute Gasteiger partial charge is 0.339 e. The number of hydrogen-bond acceptors (Lipinski definition) is 3. The van der Waals surface area contributed by atoms with E-state index >= 15 is 0 Å². The molecule has 24 heavy (non-hydrogen) atoms. The number of benzene rings is 1. The highest BCUT2D eigenvalue weighted by Gasteiger charge is 2.43. The minimum absolute atomic E-state index is 0.0396. The van der Waals surface area contributed by atoms with E-state index in [2.05, 4.69) is 23.9 Å². The molecule has 0 unspecified atom stereocenters. The summed E-state index contributed by atoms with van der Waals surface area (Å²) in [5.74, 6) is -0.387. The molecule has 0 aromatic heterocycles. The summed E-state index contributed by atoms with van der Waals surface area (Å²) in [6.45, 7) is 4.89. The molecule has 2 aliphatic rings. The third-order valence-electron chi connectivity index (χ3n) is 5.61. The number of rotatable bonds is 4. The number of nitrogens with zero attached hydrogens (tertiary/aromatic N) is 3. The zero-order valence-corrected chi connectivity index (χ0v) is 14.8. The van der Waals surface area contributed by atoms with Crippen LogP contribution in [0.5, 0.6) is 0 Å². The van der Waals surface area contributed by atoms with Gasteiger partial charge >= 0.3 is 0 Å². The second-order valence-corrected chi connectivity index (χ2v) is 7.42. The predicted octanol–water partition coefficient (Wildman–Crippen LogP) is 2.46. The summed E-state index contributed by atoms with van der Waals surface area (Å²) in [4.78, 5) is 19.3. The number of likely N-dealkylation sites (N-methyl/N-ethyl adjacent to an activating group) is 1. The van der Waals surface area contributed by atoms with Crippen molar-refractivity contribution in [3.05, 3.63) is 35.6 Å². The van der Waals surface area contributed by atoms with Crippen molar-refractivity contribution in [3.8, 4) is 0 Å². The van der Waals surface area contributed by atoms with E-state index < -0.39 is 0 Å². The molecule has 0 saturated carbocycles. The SMILES string of the molecule is CN(C)CCN1CCCC12CCN(C(=O)c1cccc(F)c1)CC2. The average molecular weight is 333 g/mol. The van der Waals surface area contributed by atoms with Gasteiger partial charge in [0.25, 0.3) is 5.91 Å². The summed E-state index contributed by atoms with van der Waals surface area (Å²) < 4.78 is 13.4. The first kappa shape index (κ1) is 17.4. The van der Waals surface area contributed by atoms with Crippen molar-refractivity contribution in [3.63, 3.8) is 0 Å². The van der Waals surface area contributed by atoms with Crippen LogP contribution in [-0.2, 0) is 0 Å². The second-order valence-electron chi connectivity index (χ2n) is 7.42. The smallest absolute Gasteiger partial charge is 0.253 e. The molecule has 2 saturated heterocycles. The fourth-order valence-corrected chi connectivity index (χ4v) is 4.16. The number of carbonyl (C=O) groups is 1. The lowest BCUT2D eigenvalue weighted by molar-refractivity contribution is 0.0393. The van der Waals surface area contributed by atoms with Gasteiger partial charge in [0.15, 0.2) is 0 Å². The minimum atomic E-state index is -0.347. The topological polar surface area (TPSA) is 26.8 Å². The van der Waals surface area contributed by atoms with Crippen LogP contribution in [0.4, 0.5) is 4.39 Å². The van der Waals surface area contributed by atoms with Crippen LogP contribution in [0.1, 0.15) is 36.0 Å². The summed E-state index contributed by atoms with van der Waals surface area (Å²) in [5, 5.41) is 0. The molecule has 5 heteroatoms. The number of hydrogen-bond donors (Lipinski definition) is 0. The Morgan fingerprint density at radius 3 is 2.62 bits per heavy atom. The van der Waals surface area contributed by atoms with Crippen molar-refractivity contribution >= 4 is 5.91 Å². The van der Waals surface area contributed by atoms with Gasteiger partial charge in [0.2, 0.25) is 0 Å². The molecule has 0 atom stereocenters. The van der Waals surface area contributed by atoms with E-state index in [4.69, 9.17) is 0 Å². The molecular weight excluding hydrogens is 305 g/mol. The zero-order valence-electron chi connectivity index (χ0n) is 14.8. The Kier molecular flexibility index (Phi) is 5.21. The standard InChI is InChI=1S/C19H28FN3O/c1-21(2)13-14-23-10-4-7-19(23)8-11-22(12-9-19)18(24)16-5-3-6-17(20)15-16/h3,5-6,15H,4,7-14H2,1-2H3. The molecule has 1 spiro atoms. The first-order chi connectivity index (χ1) is 11.5. The van der Waals surface area contributed by atoms with Crippen LogP contribution >= 0.6 is 0 Å². The number of halogens is 1. The molecule has 3 rings (SSSR count). The molecule has 132 valence electrons. The molecule has 0 N–H and O–H groups in total. The monoisotopic (exact) mass is 333 g/mol. The maximum absolute atomic E-state index is 13.4. The highest BCUT2D eigenvalue weighted by Crippen LogP contribution is 2.38. The maximum atomic E-state index is 13.4. The molecule has 1 aromatic carbocycles. The van der Waals surface area contributed by atoms with E-state index in [1.165, 1.54) is 31.5 Å². The lowest BCUT2D eigenvalue weighted by atomic mass is 9.84. The highest BCUT2D eigenvalue weighted by molar-refractivity contribution is 5.94. The van der Waals surface area contributed by atoms with E-state index in [1.807, 2.05) is 4.90 Å². The first-order valence-corrected chi connectivity index (χ1v) is 8.95. The van der Waals surface area contributed by atoms with Crippen LogP contribution in [0.3, 0.4) is 0 Å². The van der Waals surface area contributed by atoms with Gasteiger partial charge in [-0.2, -0.15) is 0 Å². The van der Waals surface area contributed by atoms with E-state index in [0.29, 0.717) is 5.56 Å². The fourth-order valence-electron chi connectivity index (χ4n) is 4.16. The van der Waals surface area contributed by atoms with Crippen LogP contribution in [0, 0.1) is 5.82 Å². The van der Waals surface area contributed by atoms with Crippen molar-refractivity contribution in [2.75, 3.05) is 46.8 Å². The van der Waals surface area contributed by atoms with Gasteiger partial charge in [0, 0.05) is 37.3 Å². The second kappa shape index (κ2) is 7.19. The quantitative estimate of drug-likeness (QED) is 0.847. The van der Waals surface area contributed by atoms with E-state index in [-0.39, 0.29) is 17.3 Å². The summed E-state index contributed by atoms with van der Waals surface area (Å²) in [7, 11) is 4.23. The van der Waals surface area contributed by atoms with Crippen LogP contribution in [0.25, 0.3) is 0 Å². The molecule has 2 heterocycles. The summed E-state index contributed by atoms with van der Waals surface area (Å²) in [6.07, 6.45) is 4.55. The van der Waals surface area contributed by atoms with Gasteiger partial charge in [-0.15, -0.1) is 0 Å². The minimum Gasteiger partial charge on any atom is -0.339 e. The number of amides is 1. The number of likely N-dealkylation sites (tertiary alicyclic amines) is 2. The molecule has 2 fully saturated rings. The Hall–Kier alpha value is -1.46. The van der Waals surface area contributed by atoms with Gasteiger partial charge in [-0.25, -0.2) is 4.39 Å². The zero-order chi connectivity index (χ0) is 17.2. The fraction of sp³-hybridized carbons (Fsp3) is 0.632. The van der Waals surface area contributed by atoms with Crippen molar-refractivity contribution in [1.29, 1.82) is 0 Å². The van der Waals surface area contributed by atoms with Crippen LogP contribution in [0.2, 0.25) is 0 Å². The first-order valence-electron chi connectivity index (χ1n) is 8.95. The Bertz CT molecular complexity index is 582. The number of carbonyl (C=O) groups excluding carboxylic acids is 1. The normalized spacial score (nSPS) is 20.9. The van der Waals surface area contributed by atoms with Gasteiger partial charge in [-0.05, 0) is 64.5 Å². The van der Waals surface area contributed by atoms with Crippen molar-refractivity contribution in [1.82, 2.24) is 14.7 Å². The maximum Gasteiger partial charge on any atom is 0.253 e. The van der Waals surface area contributed by atoms with Gasteiger partial charge in [-0.3, -0.25) is 9.69 Å². The van der Waals surface area contributed by atoms with Crippen LogP contribution in [0.15, 0.2) is 24.3 Å². The van der Waals surface area contributed by atoms with E-state index in [1.54, 1.807) is 12.1 Å². The van der Waals surface area contributed by atoms with Crippen LogP contribution < -0.4 is 0 Å². The predicted molar refractivity (Wildman–Crippen MR) is 93.6 cm³/mol. The molecule has 0 radical (unpaired) electrons. The van der Waals surface area contributed by atoms with Crippen molar-refractivity contribution < 1.29 is 9.18 Å². The molecule has 2 aliphatic heterocycles. The summed E-state index contributed by atoms with van der Waals surface area (Å²) in [5.41, 5.74) is 0.733. The highest BCUT2D eigenvalue weighted by atomic mass is 19.1. The molecule has 0 aliphatic carbocycles. The Balaban J connectivity index is 1.61. The van der Waals surface area contributed by atoms with Gasteiger partial charge in [0.1, 0.15) is 5.82 Å². The van der Waals surface area contributed by atoms with E-state index in [0.717, 1.165) is 39.0 Å². The van der Waals surface area contributed by atoms with Gasteiger partial charge in [-0.1, -0.05) is 6.07 Å². The Morgan fingerprint density at radius 1 is 1.21 bits per heavy atom. The van der Waals surface area contributed by atoms with Crippen molar-refractivity contribution in [2.24, 2.45) is 0 Å². The third kappa shape index (κ3) is 3.62.